The van der Waals surface area contributed by atoms with E-state index in [0.717, 1.165) is 11.4 Å². The van der Waals surface area contributed by atoms with E-state index in [1.54, 1.807) is 12.3 Å². The van der Waals surface area contributed by atoms with Crippen LogP contribution in [0.5, 0.6) is 0 Å². The van der Waals surface area contributed by atoms with Crippen LogP contribution in [0.1, 0.15) is 5.69 Å². The van der Waals surface area contributed by atoms with Crippen LogP contribution in [0, 0.1) is 11.3 Å². The second kappa shape index (κ2) is 2.10. The molecular weight excluding hydrogens is 138 g/mol. The highest BCUT2D eigenvalue weighted by molar-refractivity contribution is 5.57. The lowest BCUT2D eigenvalue weighted by Gasteiger charge is -1.96. The Balaban J connectivity index is 2.71. The molecule has 2 heterocycles. The lowest BCUT2D eigenvalue weighted by Crippen LogP contribution is -1.85. The molecule has 0 bridgehead atoms. The number of hydrogen-bond donors (Lipinski definition) is 1. The summed E-state index contributed by atoms with van der Waals surface area (Å²) in [6, 6.07) is 7.41. The summed E-state index contributed by atoms with van der Waals surface area (Å²) >= 11 is 0. The van der Waals surface area contributed by atoms with Crippen LogP contribution in [0.3, 0.4) is 0 Å². The number of nitrogens with one attached hydrogen (secondary N) is 1. The quantitative estimate of drug-likeness (QED) is 0.605. The summed E-state index contributed by atoms with van der Waals surface area (Å²) in [4.78, 5) is 6.99. The van der Waals surface area contributed by atoms with Crippen molar-refractivity contribution in [3.63, 3.8) is 0 Å². The maximum Gasteiger partial charge on any atom is 0.118 e. The van der Waals surface area contributed by atoms with E-state index >= 15 is 0 Å². The van der Waals surface area contributed by atoms with E-state index in [1.807, 2.05) is 18.2 Å². The van der Waals surface area contributed by atoms with Gasteiger partial charge in [0.2, 0.25) is 0 Å². The third-order valence-electron chi connectivity index (χ3n) is 1.53. The number of hydrogen-bond acceptors (Lipinski definition) is 2. The first kappa shape index (κ1) is 5.93. The number of H-pyrrole nitrogens is 1. The van der Waals surface area contributed by atoms with Crippen molar-refractivity contribution < 1.29 is 0 Å². The molecule has 0 aromatic rings. The molecule has 3 heteroatoms. The fourth-order valence-corrected chi connectivity index (χ4v) is 1.000. The van der Waals surface area contributed by atoms with Crippen LogP contribution in [-0.4, -0.2) is 9.97 Å². The Bertz CT molecular complexity index is 383. The van der Waals surface area contributed by atoms with Gasteiger partial charge in [-0.3, -0.25) is 4.98 Å². The van der Waals surface area contributed by atoms with Gasteiger partial charge in [-0.15, -0.1) is 0 Å². The average molecular weight is 143 g/mol. The molecule has 52 valence electrons. The molecule has 0 atom stereocenters. The lowest BCUT2D eigenvalue weighted by molar-refractivity contribution is 1.25. The minimum Gasteiger partial charge on any atom is -0.345 e. The predicted molar refractivity (Wildman–Crippen MR) is 39.9 cm³/mol. The first-order valence-electron chi connectivity index (χ1n) is 3.24. The van der Waals surface area contributed by atoms with Crippen LogP contribution < -0.4 is 0 Å². The molecule has 0 spiro atoms. The summed E-state index contributed by atoms with van der Waals surface area (Å²) in [6.45, 7) is 0. The Labute approximate surface area is 63.7 Å². The van der Waals surface area contributed by atoms with Crippen LogP contribution in [0.4, 0.5) is 0 Å². The van der Waals surface area contributed by atoms with Gasteiger partial charge in [-0.1, -0.05) is 0 Å². The zero-order valence-electron chi connectivity index (χ0n) is 5.70. The summed E-state index contributed by atoms with van der Waals surface area (Å²) in [5.41, 5.74) is 2.36. The largest absolute Gasteiger partial charge is 0.345 e. The van der Waals surface area contributed by atoms with Gasteiger partial charge >= 0.3 is 0 Å². The van der Waals surface area contributed by atoms with Gasteiger partial charge in [0.05, 0.1) is 11.4 Å². The third-order valence-corrected chi connectivity index (χ3v) is 1.53. The first-order chi connectivity index (χ1) is 5.40. The smallest absolute Gasteiger partial charge is 0.118 e. The lowest BCUT2D eigenvalue weighted by atomic mass is 10.2. The summed E-state index contributed by atoms with van der Waals surface area (Å²) in [5, 5.41) is 8.53. The molecule has 0 saturated carbocycles. The van der Waals surface area contributed by atoms with Crippen LogP contribution in [0.25, 0.3) is 11.4 Å². The molecule has 2 aliphatic rings. The van der Waals surface area contributed by atoms with Crippen molar-refractivity contribution in [2.45, 2.75) is 0 Å². The van der Waals surface area contributed by atoms with Crippen LogP contribution >= 0.6 is 0 Å². The van der Waals surface area contributed by atoms with E-state index < -0.39 is 0 Å². The van der Waals surface area contributed by atoms with E-state index in [2.05, 4.69) is 9.97 Å². The van der Waals surface area contributed by atoms with Crippen LogP contribution in [-0.2, 0) is 0 Å². The summed E-state index contributed by atoms with van der Waals surface area (Å²) in [7, 11) is 0. The Morgan fingerprint density at radius 3 is 3.09 bits per heavy atom. The molecular formula is C8H5N3. The molecule has 0 aliphatic carbocycles. The van der Waals surface area contributed by atoms with Crippen molar-refractivity contribution in [2.24, 2.45) is 0 Å². The fraction of sp³-hybridized carbons (Fsp3) is 0. The minimum absolute atomic E-state index is 0.561. The second-order valence-electron chi connectivity index (χ2n) is 2.23. The Morgan fingerprint density at radius 1 is 1.36 bits per heavy atom. The van der Waals surface area contributed by atoms with Crippen LogP contribution in [0.15, 0.2) is 24.4 Å². The molecule has 3 nitrogen and oxygen atoms in total. The number of pyridine rings is 1. The SMILES string of the molecule is N#Cc1ccc2nccc-2[nH]1. The van der Waals surface area contributed by atoms with Gasteiger partial charge in [0, 0.05) is 6.20 Å². The zero-order valence-corrected chi connectivity index (χ0v) is 5.70. The van der Waals surface area contributed by atoms with Crippen molar-refractivity contribution in [3.05, 3.63) is 30.1 Å². The molecule has 0 amide bonds. The van der Waals surface area contributed by atoms with Gasteiger partial charge in [-0.05, 0) is 18.2 Å². The molecule has 0 aromatic carbocycles. The molecule has 11 heavy (non-hydrogen) atoms. The molecule has 2 aliphatic heterocycles. The predicted octanol–water partition coefficient (Wildman–Crippen LogP) is 1.39. The van der Waals surface area contributed by atoms with Gasteiger partial charge < -0.3 is 4.98 Å². The molecule has 0 fully saturated rings. The van der Waals surface area contributed by atoms with Crippen molar-refractivity contribution in [1.82, 2.24) is 9.97 Å². The summed E-state index contributed by atoms with van der Waals surface area (Å²) in [6.07, 6.45) is 1.71. The summed E-state index contributed by atoms with van der Waals surface area (Å²) < 4.78 is 0. The highest BCUT2D eigenvalue weighted by atomic mass is 14.8. The van der Waals surface area contributed by atoms with Crippen LogP contribution in [0.2, 0.25) is 0 Å². The van der Waals surface area contributed by atoms with Crippen molar-refractivity contribution in [1.29, 1.82) is 5.26 Å². The van der Waals surface area contributed by atoms with E-state index in [9.17, 15) is 0 Å². The topological polar surface area (TPSA) is 52.5 Å². The fourth-order valence-electron chi connectivity index (χ4n) is 1.000. The molecule has 1 N–H and O–H groups in total. The second-order valence-corrected chi connectivity index (χ2v) is 2.23. The molecule has 2 rings (SSSR count). The average Bonchev–Trinajstić information content (AvgIpc) is 2.50. The first-order valence-corrected chi connectivity index (χ1v) is 3.24. The number of rotatable bonds is 0. The molecule has 0 radical (unpaired) electrons. The van der Waals surface area contributed by atoms with Gasteiger partial charge in [0.15, 0.2) is 0 Å². The Kier molecular flexibility index (Phi) is 1.13. The Morgan fingerprint density at radius 2 is 2.27 bits per heavy atom. The van der Waals surface area contributed by atoms with Crippen molar-refractivity contribution >= 4 is 0 Å². The minimum atomic E-state index is 0.561. The van der Waals surface area contributed by atoms with Gasteiger partial charge in [0.1, 0.15) is 11.8 Å². The maximum absolute atomic E-state index is 8.53. The monoisotopic (exact) mass is 143 g/mol. The van der Waals surface area contributed by atoms with Crippen molar-refractivity contribution in [3.8, 4) is 17.5 Å². The number of fused-ring (bicyclic) bond motifs is 1. The van der Waals surface area contributed by atoms with E-state index in [-0.39, 0.29) is 0 Å². The number of aromatic nitrogens is 2. The molecule has 0 aromatic heterocycles. The number of nitriles is 1. The van der Waals surface area contributed by atoms with E-state index in [0.29, 0.717) is 5.69 Å². The van der Waals surface area contributed by atoms with Gasteiger partial charge in [-0.25, -0.2) is 0 Å². The van der Waals surface area contributed by atoms with Gasteiger partial charge in [0.25, 0.3) is 0 Å². The maximum atomic E-state index is 8.53. The number of nitrogens with zero attached hydrogens (tertiary/aromatic N) is 2. The van der Waals surface area contributed by atoms with Crippen molar-refractivity contribution in [2.75, 3.05) is 0 Å². The molecule has 0 unspecified atom stereocenters. The third kappa shape index (κ3) is 0.849. The van der Waals surface area contributed by atoms with E-state index in [4.69, 9.17) is 5.26 Å². The normalized spacial score (nSPS) is 9.73. The Hall–Kier alpha value is -1.82. The highest BCUT2D eigenvalue weighted by Gasteiger charge is 2.02. The zero-order chi connectivity index (χ0) is 7.68. The highest BCUT2D eigenvalue weighted by Crippen LogP contribution is 2.16. The summed E-state index contributed by atoms with van der Waals surface area (Å²) in [5.74, 6) is 0. The molecule has 0 saturated heterocycles. The van der Waals surface area contributed by atoms with Gasteiger partial charge in [-0.2, -0.15) is 5.26 Å². The number of aromatic amines is 1. The van der Waals surface area contributed by atoms with E-state index in [1.165, 1.54) is 0 Å². The standard InChI is InChI=1S/C8H5N3/c9-5-6-1-2-7-8(11-6)3-4-10-7/h1-4,11H.